The molecule has 1 saturated heterocycles. The molecular weight excluding hydrogens is 444 g/mol. The van der Waals surface area contributed by atoms with Crippen molar-refractivity contribution in [2.45, 2.75) is 50.5 Å². The lowest BCUT2D eigenvalue weighted by atomic mass is 9.98. The summed E-state index contributed by atoms with van der Waals surface area (Å²) in [6.45, 7) is 1.62. The number of hydrogen-bond acceptors (Lipinski definition) is 4. The molecule has 35 heavy (non-hydrogen) atoms. The number of ether oxygens (including phenoxy) is 1. The molecule has 1 unspecified atom stereocenters. The van der Waals surface area contributed by atoms with Gasteiger partial charge in [-0.3, -0.25) is 9.59 Å². The Labute approximate surface area is 205 Å². The first-order chi connectivity index (χ1) is 17.0. The molecule has 2 aliphatic carbocycles. The molecule has 2 aromatic carbocycles. The molecule has 1 heterocycles. The van der Waals surface area contributed by atoms with Crippen molar-refractivity contribution in [2.24, 2.45) is 11.8 Å². The largest absolute Gasteiger partial charge is 0.481 e. The van der Waals surface area contributed by atoms with Crippen LogP contribution in [0.3, 0.4) is 0 Å². The molecule has 7 heteroatoms. The van der Waals surface area contributed by atoms with Crippen molar-refractivity contribution in [3.63, 3.8) is 0 Å². The maximum atomic E-state index is 13.0. The highest BCUT2D eigenvalue weighted by atomic mass is 16.5. The minimum Gasteiger partial charge on any atom is -0.481 e. The number of carboxylic acid groups (broad SMARTS) is 1. The number of rotatable bonds is 7. The Kier molecular flexibility index (Phi) is 6.75. The van der Waals surface area contributed by atoms with E-state index in [2.05, 4.69) is 29.6 Å². The predicted octanol–water partition coefficient (Wildman–Crippen LogP) is 4.41. The fourth-order valence-electron chi connectivity index (χ4n) is 6.00. The van der Waals surface area contributed by atoms with E-state index in [4.69, 9.17) is 9.84 Å². The van der Waals surface area contributed by atoms with Crippen molar-refractivity contribution < 1.29 is 24.2 Å². The zero-order valence-corrected chi connectivity index (χ0v) is 19.8. The fraction of sp³-hybridized carbons (Fsp3) is 0.464. The number of nitrogens with zero attached hydrogens (tertiary/aromatic N) is 1. The van der Waals surface area contributed by atoms with E-state index in [1.54, 1.807) is 0 Å². The molecule has 184 valence electrons. The van der Waals surface area contributed by atoms with Gasteiger partial charge in [0.2, 0.25) is 5.91 Å². The number of carboxylic acids is 1. The Hall–Kier alpha value is -3.35. The number of fused-ring (bicyclic) bond motifs is 3. The van der Waals surface area contributed by atoms with E-state index in [0.29, 0.717) is 25.9 Å². The molecular formula is C28H32N2O5. The number of aliphatic carboxylic acids is 1. The van der Waals surface area contributed by atoms with Crippen LogP contribution in [-0.2, 0) is 14.3 Å². The molecule has 0 aromatic heterocycles. The normalized spacial score (nSPS) is 23.1. The third-order valence-corrected chi connectivity index (χ3v) is 7.81. The highest BCUT2D eigenvalue weighted by Crippen LogP contribution is 2.44. The van der Waals surface area contributed by atoms with E-state index >= 15 is 0 Å². The van der Waals surface area contributed by atoms with Gasteiger partial charge in [0.15, 0.2) is 0 Å². The van der Waals surface area contributed by atoms with Crippen LogP contribution in [0.4, 0.5) is 4.79 Å². The van der Waals surface area contributed by atoms with Crippen LogP contribution in [0, 0.1) is 11.8 Å². The van der Waals surface area contributed by atoms with Crippen LogP contribution >= 0.6 is 0 Å². The number of carbonyl (C=O) groups is 3. The van der Waals surface area contributed by atoms with E-state index in [-0.39, 0.29) is 42.7 Å². The van der Waals surface area contributed by atoms with Gasteiger partial charge in [0.1, 0.15) is 6.61 Å². The van der Waals surface area contributed by atoms with Crippen LogP contribution in [0.5, 0.6) is 0 Å². The Morgan fingerprint density at radius 1 is 0.971 bits per heavy atom. The summed E-state index contributed by atoms with van der Waals surface area (Å²) in [5.74, 6) is -0.444. The third-order valence-electron chi connectivity index (χ3n) is 7.81. The number of hydrogen-bond donors (Lipinski definition) is 2. The summed E-state index contributed by atoms with van der Waals surface area (Å²) >= 11 is 0. The Morgan fingerprint density at radius 3 is 2.34 bits per heavy atom. The average Bonchev–Trinajstić information content (AvgIpc) is 3.59. The summed E-state index contributed by atoms with van der Waals surface area (Å²) in [6.07, 6.45) is 3.35. The van der Waals surface area contributed by atoms with E-state index in [1.807, 2.05) is 29.2 Å². The number of likely N-dealkylation sites (tertiary alicyclic amines) is 1. The van der Waals surface area contributed by atoms with Crippen LogP contribution in [0.25, 0.3) is 11.1 Å². The van der Waals surface area contributed by atoms with Gasteiger partial charge in [-0.1, -0.05) is 48.5 Å². The number of nitrogens with one attached hydrogen (secondary N) is 1. The minimum absolute atomic E-state index is 0.0234. The molecule has 3 aliphatic rings. The average molecular weight is 477 g/mol. The van der Waals surface area contributed by atoms with Gasteiger partial charge in [-0.2, -0.15) is 0 Å². The minimum atomic E-state index is -0.785. The second-order valence-electron chi connectivity index (χ2n) is 10.0. The van der Waals surface area contributed by atoms with Crippen molar-refractivity contribution in [2.75, 3.05) is 19.7 Å². The molecule has 2 fully saturated rings. The van der Waals surface area contributed by atoms with Crippen LogP contribution in [-0.4, -0.2) is 53.7 Å². The van der Waals surface area contributed by atoms with E-state index in [0.717, 1.165) is 19.3 Å². The SMILES string of the molecule is O=C(O)CCC1CCN(C(=O)[C@H]2CC[C@@H](NC(=O)OCC3c4ccccc4-c4ccccc43)C2)C1. The second-order valence-corrected chi connectivity index (χ2v) is 10.0. The van der Waals surface area contributed by atoms with Gasteiger partial charge in [-0.25, -0.2) is 4.79 Å². The monoisotopic (exact) mass is 476 g/mol. The van der Waals surface area contributed by atoms with E-state index in [1.165, 1.54) is 22.3 Å². The Morgan fingerprint density at radius 2 is 1.66 bits per heavy atom. The summed E-state index contributed by atoms with van der Waals surface area (Å²) < 4.78 is 5.66. The van der Waals surface area contributed by atoms with Gasteiger partial charge >= 0.3 is 12.1 Å². The van der Waals surface area contributed by atoms with Crippen LogP contribution < -0.4 is 5.32 Å². The summed E-state index contributed by atoms with van der Waals surface area (Å²) in [6, 6.07) is 16.4. The molecule has 5 rings (SSSR count). The molecule has 2 amide bonds. The van der Waals surface area contributed by atoms with E-state index in [9.17, 15) is 14.4 Å². The van der Waals surface area contributed by atoms with Crippen molar-refractivity contribution in [1.82, 2.24) is 10.2 Å². The lowest BCUT2D eigenvalue weighted by molar-refractivity contribution is -0.137. The number of alkyl carbamates (subject to hydrolysis) is 1. The predicted molar refractivity (Wildman–Crippen MR) is 131 cm³/mol. The van der Waals surface area contributed by atoms with Crippen molar-refractivity contribution in [1.29, 1.82) is 0 Å². The van der Waals surface area contributed by atoms with Gasteiger partial charge in [0.05, 0.1) is 0 Å². The smallest absolute Gasteiger partial charge is 0.407 e. The summed E-state index contributed by atoms with van der Waals surface area (Å²) in [7, 11) is 0. The first kappa shape index (κ1) is 23.4. The lowest BCUT2D eigenvalue weighted by Crippen LogP contribution is -2.37. The number of benzene rings is 2. The molecule has 0 radical (unpaired) electrons. The number of carbonyl (C=O) groups excluding carboxylic acids is 2. The van der Waals surface area contributed by atoms with Gasteiger partial charge in [0, 0.05) is 37.4 Å². The zero-order chi connectivity index (χ0) is 24.4. The highest BCUT2D eigenvalue weighted by Gasteiger charge is 2.36. The summed E-state index contributed by atoms with van der Waals surface area (Å²) in [5.41, 5.74) is 4.75. The van der Waals surface area contributed by atoms with Gasteiger partial charge < -0.3 is 20.1 Å². The van der Waals surface area contributed by atoms with Crippen molar-refractivity contribution >= 4 is 18.0 Å². The molecule has 1 aliphatic heterocycles. The molecule has 2 N–H and O–H groups in total. The molecule has 0 bridgehead atoms. The van der Waals surface area contributed by atoms with E-state index < -0.39 is 12.1 Å². The van der Waals surface area contributed by atoms with Gasteiger partial charge in [-0.05, 0) is 60.3 Å². The third kappa shape index (κ3) is 5.04. The highest BCUT2D eigenvalue weighted by molar-refractivity contribution is 5.80. The van der Waals surface area contributed by atoms with Crippen molar-refractivity contribution in [3.8, 4) is 11.1 Å². The fourth-order valence-corrected chi connectivity index (χ4v) is 6.00. The molecule has 7 nitrogen and oxygen atoms in total. The maximum absolute atomic E-state index is 13.0. The quantitative estimate of drug-likeness (QED) is 0.617. The topological polar surface area (TPSA) is 95.9 Å². The number of amides is 2. The summed E-state index contributed by atoms with van der Waals surface area (Å²) in [4.78, 5) is 38.3. The standard InChI is InChI=1S/C28H32N2O5/c31-26(32)12-9-18-13-14-30(16-18)27(33)19-10-11-20(15-19)29-28(34)35-17-25-23-7-3-1-5-21(23)22-6-2-4-8-24(22)25/h1-8,18-20,25H,9-17H2,(H,29,34)(H,31,32)/t18?,19-,20+/m0/s1. The molecule has 1 saturated carbocycles. The molecule has 0 spiro atoms. The van der Waals surface area contributed by atoms with Crippen molar-refractivity contribution in [3.05, 3.63) is 59.7 Å². The summed E-state index contributed by atoms with van der Waals surface area (Å²) in [5, 5.41) is 11.9. The van der Waals surface area contributed by atoms with Crippen LogP contribution in [0.15, 0.2) is 48.5 Å². The second kappa shape index (κ2) is 10.1. The zero-order valence-electron chi connectivity index (χ0n) is 19.8. The van der Waals surface area contributed by atoms with Gasteiger partial charge in [-0.15, -0.1) is 0 Å². The Bertz CT molecular complexity index is 1070. The first-order valence-corrected chi connectivity index (χ1v) is 12.6. The van der Waals surface area contributed by atoms with Crippen LogP contribution in [0.1, 0.15) is 55.6 Å². The molecule has 2 aromatic rings. The maximum Gasteiger partial charge on any atom is 0.407 e. The Balaban J connectivity index is 1.10. The van der Waals surface area contributed by atoms with Gasteiger partial charge in [0.25, 0.3) is 0 Å². The lowest BCUT2D eigenvalue weighted by Gasteiger charge is -2.21. The first-order valence-electron chi connectivity index (χ1n) is 12.6. The molecule has 3 atom stereocenters. The van der Waals surface area contributed by atoms with Crippen LogP contribution in [0.2, 0.25) is 0 Å².